The van der Waals surface area contributed by atoms with Gasteiger partial charge in [0.05, 0.1) is 5.92 Å². The molecule has 0 saturated carbocycles. The van der Waals surface area contributed by atoms with Crippen LogP contribution in [-0.4, -0.2) is 36.1 Å². The van der Waals surface area contributed by atoms with Gasteiger partial charge in [-0.3, -0.25) is 4.79 Å². The van der Waals surface area contributed by atoms with Crippen molar-refractivity contribution >= 4 is 5.97 Å². The van der Waals surface area contributed by atoms with Crippen LogP contribution in [0, 0.1) is 5.92 Å². The lowest BCUT2D eigenvalue weighted by Crippen LogP contribution is -2.18. The highest BCUT2D eigenvalue weighted by molar-refractivity contribution is 5.69. The average Bonchev–Trinajstić information content (AvgIpc) is 2.64. The molecule has 0 aromatic heterocycles. The Balaban J connectivity index is 1.98. The summed E-state index contributed by atoms with van der Waals surface area (Å²) in [5.41, 5.74) is 2.53. The Bertz CT molecular complexity index is 441. The van der Waals surface area contributed by atoms with E-state index in [2.05, 4.69) is 36.2 Å². The molecule has 1 heterocycles. The van der Waals surface area contributed by atoms with Crippen LogP contribution in [0.2, 0.25) is 0 Å². The van der Waals surface area contributed by atoms with Gasteiger partial charge in [-0.25, -0.2) is 0 Å². The Hall–Kier alpha value is -1.35. The zero-order chi connectivity index (χ0) is 14.5. The van der Waals surface area contributed by atoms with Crippen molar-refractivity contribution in [3.8, 4) is 0 Å². The van der Waals surface area contributed by atoms with E-state index < -0.39 is 5.97 Å². The standard InChI is InChI=1S/C17H25NO2/c1-13(17(19)20)12-14-5-7-16(8-6-14)15-4-3-10-18(2)11-9-15/h5-8,13,15H,3-4,9-12H2,1-2H3,(H,19,20). The summed E-state index contributed by atoms with van der Waals surface area (Å²) in [4.78, 5) is 13.3. The Labute approximate surface area is 121 Å². The molecule has 110 valence electrons. The van der Waals surface area contributed by atoms with Gasteiger partial charge in [0.25, 0.3) is 0 Å². The lowest BCUT2D eigenvalue weighted by atomic mass is 9.90. The normalized spacial score (nSPS) is 22.2. The molecule has 1 aliphatic heterocycles. The van der Waals surface area contributed by atoms with Crippen LogP contribution in [0.3, 0.4) is 0 Å². The molecule has 0 spiro atoms. The summed E-state index contributed by atoms with van der Waals surface area (Å²) < 4.78 is 0. The second kappa shape index (κ2) is 6.89. The van der Waals surface area contributed by atoms with Crippen molar-refractivity contribution in [2.75, 3.05) is 20.1 Å². The number of carbonyl (C=O) groups is 1. The molecule has 2 rings (SSSR count). The number of hydrogen-bond donors (Lipinski definition) is 1. The van der Waals surface area contributed by atoms with Crippen LogP contribution in [-0.2, 0) is 11.2 Å². The first kappa shape index (κ1) is 15.0. The van der Waals surface area contributed by atoms with Crippen molar-refractivity contribution in [3.05, 3.63) is 35.4 Å². The molecule has 1 N–H and O–H groups in total. The molecule has 20 heavy (non-hydrogen) atoms. The Kier molecular flexibility index (Phi) is 5.18. The minimum absolute atomic E-state index is 0.313. The molecule has 2 atom stereocenters. The highest BCUT2D eigenvalue weighted by Crippen LogP contribution is 2.28. The summed E-state index contributed by atoms with van der Waals surface area (Å²) in [6.45, 7) is 4.13. The van der Waals surface area contributed by atoms with E-state index in [9.17, 15) is 4.79 Å². The van der Waals surface area contributed by atoms with Crippen molar-refractivity contribution in [2.24, 2.45) is 5.92 Å². The zero-order valence-electron chi connectivity index (χ0n) is 12.5. The van der Waals surface area contributed by atoms with Crippen LogP contribution >= 0.6 is 0 Å². The van der Waals surface area contributed by atoms with Gasteiger partial charge < -0.3 is 10.0 Å². The van der Waals surface area contributed by atoms with E-state index in [4.69, 9.17) is 5.11 Å². The largest absolute Gasteiger partial charge is 0.481 e. The van der Waals surface area contributed by atoms with Gasteiger partial charge in [-0.2, -0.15) is 0 Å². The van der Waals surface area contributed by atoms with Gasteiger partial charge in [0, 0.05) is 0 Å². The Morgan fingerprint density at radius 2 is 2.00 bits per heavy atom. The molecule has 0 amide bonds. The number of benzene rings is 1. The fourth-order valence-electron chi connectivity index (χ4n) is 2.94. The van der Waals surface area contributed by atoms with E-state index >= 15 is 0 Å². The minimum Gasteiger partial charge on any atom is -0.481 e. The van der Waals surface area contributed by atoms with Crippen molar-refractivity contribution in [2.45, 2.75) is 38.5 Å². The van der Waals surface area contributed by atoms with Crippen LogP contribution in [0.15, 0.2) is 24.3 Å². The smallest absolute Gasteiger partial charge is 0.306 e. The molecule has 3 nitrogen and oxygen atoms in total. The van der Waals surface area contributed by atoms with Gasteiger partial charge >= 0.3 is 5.97 Å². The molecule has 0 radical (unpaired) electrons. The fourth-order valence-corrected chi connectivity index (χ4v) is 2.94. The number of likely N-dealkylation sites (tertiary alicyclic amines) is 1. The third kappa shape index (κ3) is 4.07. The molecule has 0 aliphatic carbocycles. The maximum Gasteiger partial charge on any atom is 0.306 e. The summed E-state index contributed by atoms with van der Waals surface area (Å²) in [6, 6.07) is 8.59. The first-order valence-electron chi connectivity index (χ1n) is 7.56. The molecular formula is C17H25NO2. The van der Waals surface area contributed by atoms with E-state index in [1.165, 1.54) is 37.9 Å². The summed E-state index contributed by atoms with van der Waals surface area (Å²) in [7, 11) is 2.19. The number of carboxylic acids is 1. The van der Waals surface area contributed by atoms with E-state index in [1.54, 1.807) is 6.92 Å². The van der Waals surface area contributed by atoms with Crippen LogP contribution in [0.4, 0.5) is 0 Å². The van der Waals surface area contributed by atoms with Crippen LogP contribution in [0.25, 0.3) is 0 Å². The Morgan fingerprint density at radius 3 is 2.65 bits per heavy atom. The monoisotopic (exact) mass is 275 g/mol. The molecule has 1 fully saturated rings. The van der Waals surface area contributed by atoms with Crippen LogP contribution in [0.5, 0.6) is 0 Å². The fraction of sp³-hybridized carbons (Fsp3) is 0.588. The third-order valence-corrected chi connectivity index (χ3v) is 4.37. The van der Waals surface area contributed by atoms with Gasteiger partial charge in [0.2, 0.25) is 0 Å². The predicted molar refractivity (Wildman–Crippen MR) is 81.0 cm³/mol. The minimum atomic E-state index is -0.721. The first-order chi connectivity index (χ1) is 9.56. The van der Waals surface area contributed by atoms with Gasteiger partial charge in [0.15, 0.2) is 0 Å². The summed E-state index contributed by atoms with van der Waals surface area (Å²) in [5, 5.41) is 8.95. The lowest BCUT2D eigenvalue weighted by molar-refractivity contribution is -0.141. The van der Waals surface area contributed by atoms with Gasteiger partial charge in [-0.15, -0.1) is 0 Å². The second-order valence-corrected chi connectivity index (χ2v) is 6.12. The second-order valence-electron chi connectivity index (χ2n) is 6.12. The molecule has 1 saturated heterocycles. The third-order valence-electron chi connectivity index (χ3n) is 4.37. The number of rotatable bonds is 4. The van der Waals surface area contributed by atoms with Crippen molar-refractivity contribution < 1.29 is 9.90 Å². The zero-order valence-corrected chi connectivity index (χ0v) is 12.5. The quantitative estimate of drug-likeness (QED) is 0.917. The van der Waals surface area contributed by atoms with Crippen molar-refractivity contribution in [1.82, 2.24) is 4.90 Å². The van der Waals surface area contributed by atoms with Crippen molar-refractivity contribution in [1.29, 1.82) is 0 Å². The maximum atomic E-state index is 10.9. The number of aliphatic carboxylic acids is 1. The SMILES string of the molecule is CC(Cc1ccc(C2CCCN(C)CC2)cc1)C(=O)O. The molecule has 1 aliphatic rings. The first-order valence-corrected chi connectivity index (χ1v) is 7.56. The average molecular weight is 275 g/mol. The van der Waals surface area contributed by atoms with E-state index in [0.717, 1.165) is 5.56 Å². The van der Waals surface area contributed by atoms with Crippen molar-refractivity contribution in [3.63, 3.8) is 0 Å². The lowest BCUT2D eigenvalue weighted by Gasteiger charge is -2.16. The number of carboxylic acid groups (broad SMARTS) is 1. The van der Waals surface area contributed by atoms with E-state index in [0.29, 0.717) is 12.3 Å². The van der Waals surface area contributed by atoms with Gasteiger partial charge in [-0.05, 0) is 62.9 Å². The summed E-state index contributed by atoms with van der Waals surface area (Å²) >= 11 is 0. The summed E-state index contributed by atoms with van der Waals surface area (Å²) in [5.74, 6) is -0.376. The number of hydrogen-bond acceptors (Lipinski definition) is 2. The predicted octanol–water partition coefficient (Wildman–Crippen LogP) is 3.15. The summed E-state index contributed by atoms with van der Waals surface area (Å²) in [6.07, 6.45) is 4.36. The van der Waals surface area contributed by atoms with Crippen LogP contribution in [0.1, 0.15) is 43.2 Å². The molecule has 2 unspecified atom stereocenters. The molecule has 1 aromatic carbocycles. The highest BCUT2D eigenvalue weighted by atomic mass is 16.4. The van der Waals surface area contributed by atoms with Crippen LogP contribution < -0.4 is 0 Å². The van der Waals surface area contributed by atoms with Gasteiger partial charge in [0.1, 0.15) is 0 Å². The van der Waals surface area contributed by atoms with E-state index in [-0.39, 0.29) is 5.92 Å². The highest BCUT2D eigenvalue weighted by Gasteiger charge is 2.17. The van der Waals surface area contributed by atoms with Gasteiger partial charge in [-0.1, -0.05) is 31.2 Å². The molecule has 1 aromatic rings. The Morgan fingerprint density at radius 1 is 1.30 bits per heavy atom. The molecule has 0 bridgehead atoms. The maximum absolute atomic E-state index is 10.9. The molecule has 3 heteroatoms. The topological polar surface area (TPSA) is 40.5 Å². The van der Waals surface area contributed by atoms with E-state index in [1.807, 2.05) is 0 Å². The molecular weight excluding hydrogens is 250 g/mol. The number of nitrogens with zero attached hydrogens (tertiary/aromatic N) is 1.